The Morgan fingerprint density at radius 1 is 1.24 bits per heavy atom. The van der Waals surface area contributed by atoms with Crippen LogP contribution in [-0.4, -0.2) is 28.3 Å². The number of para-hydroxylation sites is 1. The van der Waals surface area contributed by atoms with Gasteiger partial charge in [-0.25, -0.2) is 9.88 Å². The van der Waals surface area contributed by atoms with Crippen LogP contribution in [0.1, 0.15) is 44.8 Å². The minimum absolute atomic E-state index is 0.147. The summed E-state index contributed by atoms with van der Waals surface area (Å²) < 4.78 is 7.27. The zero-order chi connectivity index (χ0) is 24.1. The average Bonchev–Trinajstić information content (AvgIpc) is 2.84. The van der Waals surface area contributed by atoms with Gasteiger partial charge in [0.1, 0.15) is 12.4 Å². The number of amides is 1. The van der Waals surface area contributed by atoms with Crippen molar-refractivity contribution < 1.29 is 19.3 Å². The van der Waals surface area contributed by atoms with Gasteiger partial charge in [0.2, 0.25) is 5.91 Å². The summed E-state index contributed by atoms with van der Waals surface area (Å²) >= 11 is 1.47. The molecular formula is C26H28N4O3S. The second-order valence-corrected chi connectivity index (χ2v) is 9.06. The number of thioether (sulfide) groups is 1. The molecule has 1 aromatic heterocycles. The molecule has 8 heteroatoms. The number of fused-ring (bicyclic) bond motifs is 3. The van der Waals surface area contributed by atoms with E-state index in [1.165, 1.54) is 18.7 Å². The fraction of sp³-hybridized carbons (Fsp3) is 0.308. The highest BCUT2D eigenvalue weighted by molar-refractivity contribution is 7.99. The van der Waals surface area contributed by atoms with Crippen LogP contribution in [0.5, 0.6) is 11.6 Å². The van der Waals surface area contributed by atoms with E-state index in [0.29, 0.717) is 34.5 Å². The molecule has 2 aromatic carbocycles. The zero-order valence-corrected chi connectivity index (χ0v) is 20.3. The van der Waals surface area contributed by atoms with E-state index < -0.39 is 6.17 Å². The van der Waals surface area contributed by atoms with Crippen molar-refractivity contribution in [3.63, 3.8) is 0 Å². The van der Waals surface area contributed by atoms with Gasteiger partial charge in [0.25, 0.3) is 17.0 Å². The molecule has 7 nitrogen and oxygen atoms in total. The van der Waals surface area contributed by atoms with E-state index >= 15 is 0 Å². The van der Waals surface area contributed by atoms with Crippen LogP contribution in [-0.2, 0) is 4.79 Å². The minimum Gasteiger partial charge on any atom is -0.854 e. The number of benzene rings is 2. The summed E-state index contributed by atoms with van der Waals surface area (Å²) in [7, 11) is 0. The first-order chi connectivity index (χ1) is 16.5. The lowest BCUT2D eigenvalue weighted by Gasteiger charge is -2.32. The Morgan fingerprint density at radius 3 is 2.71 bits per heavy atom. The lowest BCUT2D eigenvalue weighted by atomic mass is 10.0. The molecule has 0 radical (unpaired) electrons. The van der Waals surface area contributed by atoms with Crippen molar-refractivity contribution in [1.82, 2.24) is 10.1 Å². The first-order valence-corrected chi connectivity index (χ1v) is 12.4. The summed E-state index contributed by atoms with van der Waals surface area (Å²) in [6.07, 6.45) is 4.32. The highest BCUT2D eigenvalue weighted by Crippen LogP contribution is 2.41. The summed E-state index contributed by atoms with van der Waals surface area (Å²) in [4.78, 5) is 18.9. The molecule has 1 aliphatic rings. The number of nitrogens with zero attached hydrogens (tertiary/aromatic N) is 4. The number of unbranched alkanes of at least 4 members (excludes halogenated alkanes) is 2. The Labute approximate surface area is 204 Å². The fourth-order valence-electron chi connectivity index (χ4n) is 4.04. The third-order valence-electron chi connectivity index (χ3n) is 5.58. The lowest BCUT2D eigenvalue weighted by Crippen LogP contribution is -2.58. The molecule has 0 aliphatic carbocycles. The van der Waals surface area contributed by atoms with Crippen LogP contribution in [0.25, 0.3) is 11.3 Å². The van der Waals surface area contributed by atoms with Crippen LogP contribution in [0.4, 0.5) is 5.69 Å². The van der Waals surface area contributed by atoms with Gasteiger partial charge in [-0.15, -0.1) is 0 Å². The van der Waals surface area contributed by atoms with Crippen LogP contribution in [0, 0.1) is 0 Å². The number of hydrogen-bond donors (Lipinski definition) is 0. The lowest BCUT2D eigenvalue weighted by molar-refractivity contribution is -0.764. The molecule has 1 amide bonds. The standard InChI is InChI=1S/C26H28N4O3S/c1-4-6-9-17-34-26-27-24(32)23-21-10-7-8-11-22(21)29(18(3)31)25(30(23)28-26)19-12-14-20(15-13-19)33-16-5-2/h5,7-8,10-15,25H,2,4,6,9,16-17H2,1,3H3. The SMILES string of the molecule is C=CCOc1ccc(C2N(C(C)=O)c3ccccc3-c3c([O-])nc(SCCCCC)n[n+]32)cc1. The monoisotopic (exact) mass is 476 g/mol. The van der Waals surface area contributed by atoms with E-state index in [1.54, 1.807) is 15.7 Å². The van der Waals surface area contributed by atoms with Crippen molar-refractivity contribution in [3.8, 4) is 22.9 Å². The predicted octanol–water partition coefficient (Wildman–Crippen LogP) is 4.27. The highest BCUT2D eigenvalue weighted by Gasteiger charge is 2.43. The maximum absolute atomic E-state index is 13.2. The molecule has 0 saturated heterocycles. The minimum atomic E-state index is -0.624. The van der Waals surface area contributed by atoms with Crippen molar-refractivity contribution >= 4 is 23.4 Å². The molecule has 3 aromatic rings. The predicted molar refractivity (Wildman–Crippen MR) is 131 cm³/mol. The Kier molecular flexibility index (Phi) is 7.47. The maximum Gasteiger partial charge on any atom is 0.293 e. The molecule has 0 N–H and O–H groups in total. The van der Waals surface area contributed by atoms with Crippen LogP contribution in [0.2, 0.25) is 0 Å². The van der Waals surface area contributed by atoms with Crippen LogP contribution < -0.4 is 19.4 Å². The largest absolute Gasteiger partial charge is 0.854 e. The Morgan fingerprint density at radius 2 is 2.00 bits per heavy atom. The molecule has 0 bridgehead atoms. The smallest absolute Gasteiger partial charge is 0.293 e. The molecule has 34 heavy (non-hydrogen) atoms. The molecule has 0 saturated carbocycles. The number of carbonyl (C=O) groups excluding carboxylic acids is 1. The topological polar surface area (TPSA) is 82.3 Å². The Balaban J connectivity index is 1.83. The average molecular weight is 477 g/mol. The summed E-state index contributed by atoms with van der Waals surface area (Å²) in [5.41, 5.74) is 2.49. The second-order valence-electron chi connectivity index (χ2n) is 8.00. The quantitative estimate of drug-likeness (QED) is 0.199. The summed E-state index contributed by atoms with van der Waals surface area (Å²) in [5.74, 6) is 1.03. The van der Waals surface area contributed by atoms with Gasteiger partial charge in [-0.1, -0.05) is 61.0 Å². The Bertz CT molecular complexity index is 1180. The number of ether oxygens (including phenoxy) is 1. The number of rotatable bonds is 9. The molecule has 4 rings (SSSR count). The maximum atomic E-state index is 13.2. The van der Waals surface area contributed by atoms with Crippen molar-refractivity contribution in [3.05, 3.63) is 66.7 Å². The number of aromatic nitrogens is 3. The van der Waals surface area contributed by atoms with Crippen molar-refractivity contribution in [2.24, 2.45) is 0 Å². The van der Waals surface area contributed by atoms with Crippen molar-refractivity contribution in [1.29, 1.82) is 0 Å². The first kappa shape index (κ1) is 23.8. The van der Waals surface area contributed by atoms with E-state index in [1.807, 2.05) is 48.5 Å². The van der Waals surface area contributed by atoms with E-state index in [2.05, 4.69) is 18.5 Å². The Hall–Kier alpha value is -3.39. The van der Waals surface area contributed by atoms with Gasteiger partial charge in [-0.3, -0.25) is 4.79 Å². The van der Waals surface area contributed by atoms with E-state index in [9.17, 15) is 9.90 Å². The third kappa shape index (κ3) is 4.77. The van der Waals surface area contributed by atoms with Gasteiger partial charge < -0.3 is 9.84 Å². The summed E-state index contributed by atoms with van der Waals surface area (Å²) in [6, 6.07) is 14.9. The van der Waals surface area contributed by atoms with E-state index in [0.717, 1.165) is 30.6 Å². The third-order valence-corrected chi connectivity index (χ3v) is 6.51. The van der Waals surface area contributed by atoms with Gasteiger partial charge in [0, 0.05) is 23.3 Å². The van der Waals surface area contributed by atoms with Gasteiger partial charge in [-0.05, 0) is 42.8 Å². The van der Waals surface area contributed by atoms with Gasteiger partial charge in [0.15, 0.2) is 0 Å². The molecule has 176 valence electrons. The summed E-state index contributed by atoms with van der Waals surface area (Å²) in [5, 5.41) is 18.4. The molecule has 2 heterocycles. The number of carbonyl (C=O) groups is 1. The van der Waals surface area contributed by atoms with E-state index in [4.69, 9.17) is 9.84 Å². The summed E-state index contributed by atoms with van der Waals surface area (Å²) in [6.45, 7) is 7.75. The zero-order valence-electron chi connectivity index (χ0n) is 19.4. The molecule has 1 unspecified atom stereocenters. The highest BCUT2D eigenvalue weighted by atomic mass is 32.2. The normalized spacial score (nSPS) is 14.3. The van der Waals surface area contributed by atoms with E-state index in [-0.39, 0.29) is 11.8 Å². The molecule has 1 atom stereocenters. The molecule has 0 spiro atoms. The second kappa shape index (κ2) is 10.7. The molecular weight excluding hydrogens is 448 g/mol. The van der Waals surface area contributed by atoms with Crippen LogP contribution in [0.3, 0.4) is 0 Å². The number of hydrogen-bond acceptors (Lipinski definition) is 6. The number of anilines is 1. The van der Waals surface area contributed by atoms with Gasteiger partial charge in [0.05, 0.1) is 17.1 Å². The fourth-order valence-corrected chi connectivity index (χ4v) is 4.87. The van der Waals surface area contributed by atoms with Gasteiger partial charge in [-0.2, -0.15) is 0 Å². The molecule has 0 fully saturated rings. The van der Waals surface area contributed by atoms with Crippen LogP contribution in [0.15, 0.2) is 66.3 Å². The van der Waals surface area contributed by atoms with Crippen molar-refractivity contribution in [2.45, 2.75) is 44.4 Å². The first-order valence-electron chi connectivity index (χ1n) is 11.4. The van der Waals surface area contributed by atoms with Gasteiger partial charge >= 0.3 is 0 Å². The van der Waals surface area contributed by atoms with Crippen LogP contribution >= 0.6 is 11.8 Å². The molecule has 1 aliphatic heterocycles. The van der Waals surface area contributed by atoms with Crippen molar-refractivity contribution in [2.75, 3.05) is 17.3 Å².